The average Bonchev–Trinajstić information content (AvgIpc) is 3.27. The lowest BCUT2D eigenvalue weighted by Crippen LogP contribution is -2.36. The fourth-order valence-corrected chi connectivity index (χ4v) is 4.16. The molecule has 0 aliphatic heterocycles. The van der Waals surface area contributed by atoms with Crippen molar-refractivity contribution in [2.24, 2.45) is 5.92 Å². The first-order valence-electron chi connectivity index (χ1n) is 7.81. The van der Waals surface area contributed by atoms with E-state index in [1.807, 2.05) is 12.1 Å². The first-order chi connectivity index (χ1) is 9.95. The second-order valence-electron chi connectivity index (χ2n) is 6.15. The zero-order valence-electron chi connectivity index (χ0n) is 13.2. The van der Waals surface area contributed by atoms with E-state index in [9.17, 15) is 8.42 Å². The quantitative estimate of drug-likeness (QED) is 0.801. The van der Waals surface area contributed by atoms with Gasteiger partial charge in [-0.25, -0.2) is 8.42 Å². The molecule has 118 valence electrons. The third kappa shape index (κ3) is 4.20. The van der Waals surface area contributed by atoms with Gasteiger partial charge in [0.05, 0.1) is 4.90 Å². The highest BCUT2D eigenvalue weighted by atomic mass is 32.2. The van der Waals surface area contributed by atoms with Crippen molar-refractivity contribution in [3.63, 3.8) is 0 Å². The summed E-state index contributed by atoms with van der Waals surface area (Å²) >= 11 is 0. The van der Waals surface area contributed by atoms with Crippen LogP contribution in [0.25, 0.3) is 0 Å². The van der Waals surface area contributed by atoms with Crippen molar-refractivity contribution in [1.82, 2.24) is 4.31 Å². The molecular weight excluding hydrogens is 284 g/mol. The van der Waals surface area contributed by atoms with Gasteiger partial charge in [-0.1, -0.05) is 20.8 Å². The zero-order chi connectivity index (χ0) is 15.5. The molecule has 0 bridgehead atoms. The molecule has 0 amide bonds. The lowest BCUT2D eigenvalue weighted by Gasteiger charge is -2.23. The van der Waals surface area contributed by atoms with Gasteiger partial charge < -0.3 is 5.32 Å². The molecule has 0 saturated heterocycles. The van der Waals surface area contributed by atoms with E-state index >= 15 is 0 Å². The third-order valence-corrected chi connectivity index (χ3v) is 5.47. The van der Waals surface area contributed by atoms with E-state index in [2.05, 4.69) is 26.1 Å². The van der Waals surface area contributed by atoms with Crippen LogP contribution < -0.4 is 5.32 Å². The summed E-state index contributed by atoms with van der Waals surface area (Å²) in [5, 5.41) is 3.26. The van der Waals surface area contributed by atoms with Crippen LogP contribution >= 0.6 is 0 Å². The van der Waals surface area contributed by atoms with E-state index in [0.717, 1.165) is 31.5 Å². The topological polar surface area (TPSA) is 49.4 Å². The Hall–Kier alpha value is -1.07. The summed E-state index contributed by atoms with van der Waals surface area (Å²) in [4.78, 5) is 0.400. The number of hydrogen-bond acceptors (Lipinski definition) is 3. The smallest absolute Gasteiger partial charge is 0.243 e. The van der Waals surface area contributed by atoms with Gasteiger partial charge in [0.25, 0.3) is 0 Å². The van der Waals surface area contributed by atoms with Crippen molar-refractivity contribution in [3.8, 4) is 0 Å². The third-order valence-electron chi connectivity index (χ3n) is 3.54. The first-order valence-corrected chi connectivity index (χ1v) is 9.25. The molecule has 1 aliphatic rings. The SMILES string of the molecule is CCCNc1ccc(S(=O)(=O)N(CC(C)C)C2CC2)cc1. The van der Waals surface area contributed by atoms with Gasteiger partial charge in [0, 0.05) is 24.8 Å². The molecule has 0 heterocycles. The van der Waals surface area contributed by atoms with E-state index < -0.39 is 10.0 Å². The van der Waals surface area contributed by atoms with Gasteiger partial charge in [-0.05, 0) is 49.4 Å². The minimum absolute atomic E-state index is 0.204. The average molecular weight is 310 g/mol. The fraction of sp³-hybridized carbons (Fsp3) is 0.625. The number of nitrogens with zero attached hydrogens (tertiary/aromatic N) is 1. The van der Waals surface area contributed by atoms with Crippen LogP contribution in [0, 0.1) is 5.92 Å². The number of anilines is 1. The van der Waals surface area contributed by atoms with Crippen molar-refractivity contribution in [2.75, 3.05) is 18.4 Å². The van der Waals surface area contributed by atoms with Gasteiger partial charge >= 0.3 is 0 Å². The van der Waals surface area contributed by atoms with Crippen LogP contribution in [0.15, 0.2) is 29.2 Å². The van der Waals surface area contributed by atoms with E-state index in [-0.39, 0.29) is 6.04 Å². The van der Waals surface area contributed by atoms with Crippen molar-refractivity contribution in [3.05, 3.63) is 24.3 Å². The van der Waals surface area contributed by atoms with Crippen molar-refractivity contribution >= 4 is 15.7 Å². The van der Waals surface area contributed by atoms with Gasteiger partial charge in [-0.3, -0.25) is 0 Å². The molecule has 1 N–H and O–H groups in total. The zero-order valence-corrected chi connectivity index (χ0v) is 14.0. The summed E-state index contributed by atoms with van der Waals surface area (Å²) in [6, 6.07) is 7.33. The molecule has 1 saturated carbocycles. The second-order valence-corrected chi connectivity index (χ2v) is 8.04. The fourth-order valence-electron chi connectivity index (χ4n) is 2.32. The summed E-state index contributed by atoms with van der Waals surface area (Å²) in [6.07, 6.45) is 3.02. The highest BCUT2D eigenvalue weighted by Gasteiger charge is 2.38. The monoisotopic (exact) mass is 310 g/mol. The number of rotatable bonds is 8. The molecule has 1 aliphatic carbocycles. The number of benzene rings is 1. The Morgan fingerprint density at radius 2 is 1.86 bits per heavy atom. The van der Waals surface area contributed by atoms with Gasteiger partial charge in [0.2, 0.25) is 10.0 Å². The molecule has 1 fully saturated rings. The van der Waals surface area contributed by atoms with E-state index in [0.29, 0.717) is 17.4 Å². The van der Waals surface area contributed by atoms with Crippen LogP contribution in [0.1, 0.15) is 40.0 Å². The predicted molar refractivity (Wildman–Crippen MR) is 87.0 cm³/mol. The largest absolute Gasteiger partial charge is 0.385 e. The Morgan fingerprint density at radius 3 is 2.33 bits per heavy atom. The van der Waals surface area contributed by atoms with Crippen LogP contribution in [0.5, 0.6) is 0 Å². The highest BCUT2D eigenvalue weighted by molar-refractivity contribution is 7.89. The Labute approximate surface area is 128 Å². The van der Waals surface area contributed by atoms with Crippen molar-refractivity contribution < 1.29 is 8.42 Å². The maximum Gasteiger partial charge on any atom is 0.243 e. The maximum atomic E-state index is 12.8. The summed E-state index contributed by atoms with van der Waals surface area (Å²) in [6.45, 7) is 7.72. The molecule has 0 spiro atoms. The molecule has 0 radical (unpaired) electrons. The Balaban J connectivity index is 2.17. The van der Waals surface area contributed by atoms with Gasteiger partial charge in [0.15, 0.2) is 0 Å². The van der Waals surface area contributed by atoms with Crippen LogP contribution in [0.3, 0.4) is 0 Å². The molecule has 21 heavy (non-hydrogen) atoms. The van der Waals surface area contributed by atoms with E-state index in [1.165, 1.54) is 0 Å². The molecular formula is C16H26N2O2S. The lowest BCUT2D eigenvalue weighted by atomic mass is 10.2. The molecule has 1 aromatic rings. The van der Waals surface area contributed by atoms with Crippen LogP contribution in [0.2, 0.25) is 0 Å². The van der Waals surface area contributed by atoms with E-state index in [4.69, 9.17) is 0 Å². The van der Waals surface area contributed by atoms with Gasteiger partial charge in [-0.15, -0.1) is 0 Å². The standard InChI is InChI=1S/C16H26N2O2S/c1-4-11-17-14-5-9-16(10-6-14)21(19,20)18(12-13(2)3)15-7-8-15/h5-6,9-10,13,15,17H,4,7-8,11-12H2,1-3H3. The summed E-state index contributed by atoms with van der Waals surface area (Å²) in [5.41, 5.74) is 0.970. The van der Waals surface area contributed by atoms with Gasteiger partial charge in [0.1, 0.15) is 0 Å². The maximum absolute atomic E-state index is 12.8. The Morgan fingerprint density at radius 1 is 1.24 bits per heavy atom. The second kappa shape index (κ2) is 6.79. The first kappa shape index (κ1) is 16.3. The number of sulfonamides is 1. The van der Waals surface area contributed by atoms with Crippen molar-refractivity contribution in [1.29, 1.82) is 0 Å². The number of nitrogens with one attached hydrogen (secondary N) is 1. The molecule has 2 rings (SSSR count). The molecule has 5 heteroatoms. The minimum atomic E-state index is -3.36. The Bertz CT molecular complexity index is 548. The predicted octanol–water partition coefficient (Wildman–Crippen LogP) is 3.32. The van der Waals surface area contributed by atoms with Gasteiger partial charge in [-0.2, -0.15) is 4.31 Å². The number of hydrogen-bond donors (Lipinski definition) is 1. The molecule has 0 atom stereocenters. The lowest BCUT2D eigenvalue weighted by molar-refractivity contribution is 0.360. The van der Waals surface area contributed by atoms with Crippen molar-refractivity contribution in [2.45, 2.75) is 51.0 Å². The summed E-state index contributed by atoms with van der Waals surface area (Å²) in [7, 11) is -3.36. The molecule has 0 aromatic heterocycles. The summed E-state index contributed by atoms with van der Waals surface area (Å²) < 4.78 is 27.2. The molecule has 1 aromatic carbocycles. The molecule has 0 unspecified atom stereocenters. The summed E-state index contributed by atoms with van der Waals surface area (Å²) in [5.74, 6) is 0.339. The van der Waals surface area contributed by atoms with Crippen LogP contribution in [-0.4, -0.2) is 31.9 Å². The van der Waals surface area contributed by atoms with Crippen LogP contribution in [0.4, 0.5) is 5.69 Å². The normalized spacial score (nSPS) is 15.7. The van der Waals surface area contributed by atoms with Crippen LogP contribution in [-0.2, 0) is 10.0 Å². The highest BCUT2D eigenvalue weighted by Crippen LogP contribution is 2.33. The van der Waals surface area contributed by atoms with E-state index in [1.54, 1.807) is 16.4 Å². The minimum Gasteiger partial charge on any atom is -0.385 e. The molecule has 4 nitrogen and oxygen atoms in total. The Kier molecular flexibility index (Phi) is 5.27.